The molecular formula is C13H15N3O6. The topological polar surface area (TPSA) is 145 Å². The van der Waals surface area contributed by atoms with Gasteiger partial charge in [-0.05, 0) is 24.3 Å². The Labute approximate surface area is 125 Å². The van der Waals surface area contributed by atoms with Gasteiger partial charge in [-0.1, -0.05) is 0 Å². The van der Waals surface area contributed by atoms with Gasteiger partial charge >= 0.3 is 5.97 Å². The second-order valence-corrected chi connectivity index (χ2v) is 4.18. The summed E-state index contributed by atoms with van der Waals surface area (Å²) in [6, 6.07) is 5.45. The van der Waals surface area contributed by atoms with Crippen LogP contribution in [0.1, 0.15) is 10.4 Å². The van der Waals surface area contributed by atoms with E-state index < -0.39 is 30.2 Å². The van der Waals surface area contributed by atoms with Crippen molar-refractivity contribution in [2.24, 2.45) is 0 Å². The van der Waals surface area contributed by atoms with Gasteiger partial charge in [0.05, 0.1) is 13.1 Å². The van der Waals surface area contributed by atoms with Gasteiger partial charge in [-0.25, -0.2) is 0 Å². The molecule has 0 fully saturated rings. The van der Waals surface area contributed by atoms with Crippen molar-refractivity contribution >= 4 is 23.7 Å². The molecule has 5 N–H and O–H groups in total. The van der Waals surface area contributed by atoms with Crippen molar-refractivity contribution in [1.82, 2.24) is 16.0 Å². The zero-order chi connectivity index (χ0) is 16.5. The zero-order valence-electron chi connectivity index (χ0n) is 11.5. The van der Waals surface area contributed by atoms with Crippen molar-refractivity contribution in [3.63, 3.8) is 0 Å². The first-order valence-corrected chi connectivity index (χ1v) is 6.21. The molecule has 0 aliphatic heterocycles. The molecule has 0 atom stereocenters. The van der Waals surface area contributed by atoms with Gasteiger partial charge in [0.2, 0.25) is 11.8 Å². The van der Waals surface area contributed by atoms with Crippen LogP contribution in [0.2, 0.25) is 0 Å². The Morgan fingerprint density at radius 2 is 1.32 bits per heavy atom. The number of phenolic OH excluding ortho intramolecular Hbond substituents is 1. The normalized spacial score (nSPS) is 9.64. The summed E-state index contributed by atoms with van der Waals surface area (Å²) in [5.74, 6) is -2.94. The number of carboxylic acid groups (broad SMARTS) is 1. The van der Waals surface area contributed by atoms with Gasteiger partial charge < -0.3 is 26.2 Å². The monoisotopic (exact) mass is 309 g/mol. The largest absolute Gasteiger partial charge is 0.508 e. The molecule has 0 radical (unpaired) electrons. The smallest absolute Gasteiger partial charge is 0.322 e. The molecule has 22 heavy (non-hydrogen) atoms. The first kappa shape index (κ1) is 17.0. The van der Waals surface area contributed by atoms with Crippen LogP contribution in [0.15, 0.2) is 24.3 Å². The molecule has 118 valence electrons. The van der Waals surface area contributed by atoms with Crippen LogP contribution in [-0.2, 0) is 14.4 Å². The molecule has 0 bridgehead atoms. The minimum absolute atomic E-state index is 0.0154. The van der Waals surface area contributed by atoms with Gasteiger partial charge in [-0.2, -0.15) is 0 Å². The lowest BCUT2D eigenvalue weighted by Crippen LogP contribution is -2.42. The highest BCUT2D eigenvalue weighted by molar-refractivity contribution is 5.97. The summed E-state index contributed by atoms with van der Waals surface area (Å²) in [5, 5.41) is 24.1. The average Bonchev–Trinajstić information content (AvgIpc) is 2.49. The average molecular weight is 309 g/mol. The molecule has 9 nitrogen and oxygen atoms in total. The number of amides is 3. The van der Waals surface area contributed by atoms with Crippen molar-refractivity contribution in [3.8, 4) is 5.75 Å². The number of phenols is 1. The Hall–Kier alpha value is -3.10. The summed E-state index contributed by atoms with van der Waals surface area (Å²) in [6.07, 6.45) is 0. The van der Waals surface area contributed by atoms with E-state index in [4.69, 9.17) is 10.2 Å². The molecule has 3 amide bonds. The molecule has 1 rings (SSSR count). The lowest BCUT2D eigenvalue weighted by atomic mass is 10.2. The van der Waals surface area contributed by atoms with E-state index in [1.54, 1.807) is 0 Å². The van der Waals surface area contributed by atoms with Gasteiger partial charge in [-0.15, -0.1) is 0 Å². The van der Waals surface area contributed by atoms with E-state index >= 15 is 0 Å². The van der Waals surface area contributed by atoms with Gasteiger partial charge in [0.25, 0.3) is 5.91 Å². The first-order valence-electron chi connectivity index (χ1n) is 6.21. The third kappa shape index (κ3) is 6.37. The van der Waals surface area contributed by atoms with Crippen LogP contribution in [0.25, 0.3) is 0 Å². The van der Waals surface area contributed by atoms with Crippen molar-refractivity contribution in [3.05, 3.63) is 29.8 Å². The van der Waals surface area contributed by atoms with E-state index in [2.05, 4.69) is 16.0 Å². The maximum absolute atomic E-state index is 11.7. The molecule has 0 aliphatic carbocycles. The molecule has 0 saturated carbocycles. The predicted octanol–water partition coefficient (Wildman–Crippen LogP) is -1.56. The Morgan fingerprint density at radius 1 is 0.818 bits per heavy atom. The number of benzene rings is 1. The molecule has 0 aliphatic rings. The predicted molar refractivity (Wildman–Crippen MR) is 74.1 cm³/mol. The zero-order valence-corrected chi connectivity index (χ0v) is 11.5. The number of carbonyl (C=O) groups is 4. The maximum atomic E-state index is 11.7. The highest BCUT2D eigenvalue weighted by Crippen LogP contribution is 2.09. The number of aliphatic carboxylic acids is 1. The lowest BCUT2D eigenvalue weighted by Gasteiger charge is -2.07. The number of hydrogen-bond donors (Lipinski definition) is 5. The van der Waals surface area contributed by atoms with Crippen LogP contribution in [0, 0.1) is 0 Å². The van der Waals surface area contributed by atoms with Crippen LogP contribution in [0.3, 0.4) is 0 Å². The van der Waals surface area contributed by atoms with E-state index in [1.807, 2.05) is 0 Å². The van der Waals surface area contributed by atoms with Gasteiger partial charge in [0.1, 0.15) is 12.3 Å². The Kier molecular flexibility index (Phi) is 6.35. The number of carbonyl (C=O) groups excluding carboxylic acids is 3. The third-order valence-corrected chi connectivity index (χ3v) is 2.42. The van der Waals surface area contributed by atoms with E-state index in [0.29, 0.717) is 0 Å². The van der Waals surface area contributed by atoms with Crippen LogP contribution >= 0.6 is 0 Å². The fraction of sp³-hybridized carbons (Fsp3) is 0.231. The summed E-state index contributed by atoms with van der Waals surface area (Å²) in [7, 11) is 0. The molecule has 0 saturated heterocycles. The summed E-state index contributed by atoms with van der Waals surface area (Å²) in [6.45, 7) is -1.26. The Balaban J connectivity index is 2.28. The second-order valence-electron chi connectivity index (χ2n) is 4.18. The summed E-state index contributed by atoms with van der Waals surface area (Å²) in [4.78, 5) is 44.4. The highest BCUT2D eigenvalue weighted by Gasteiger charge is 2.09. The first-order chi connectivity index (χ1) is 10.4. The molecular weight excluding hydrogens is 294 g/mol. The van der Waals surface area contributed by atoms with Gasteiger partial charge in [-0.3, -0.25) is 19.2 Å². The number of rotatable bonds is 7. The standard InChI is InChI=1S/C13H15N3O6/c17-9-3-1-8(2-4-9)13(22)16-6-11(19)14-5-10(18)15-7-12(20)21/h1-4,17H,5-7H2,(H,14,19)(H,15,18)(H,16,22)(H,20,21). The summed E-state index contributed by atoms with van der Waals surface area (Å²) < 4.78 is 0. The molecule has 1 aromatic carbocycles. The van der Waals surface area contributed by atoms with Crippen LogP contribution in [-0.4, -0.2) is 53.5 Å². The van der Waals surface area contributed by atoms with E-state index in [1.165, 1.54) is 24.3 Å². The number of aromatic hydroxyl groups is 1. The number of nitrogens with one attached hydrogen (secondary N) is 3. The molecule has 0 unspecified atom stereocenters. The van der Waals surface area contributed by atoms with Crippen molar-refractivity contribution in [2.75, 3.05) is 19.6 Å². The second kappa shape index (κ2) is 8.25. The molecule has 1 aromatic rings. The van der Waals surface area contributed by atoms with Crippen molar-refractivity contribution in [2.45, 2.75) is 0 Å². The van der Waals surface area contributed by atoms with Gasteiger partial charge in [0.15, 0.2) is 0 Å². The third-order valence-electron chi connectivity index (χ3n) is 2.42. The molecule has 0 heterocycles. The number of carboxylic acids is 1. The minimum atomic E-state index is -1.19. The SMILES string of the molecule is O=C(O)CNC(=O)CNC(=O)CNC(=O)c1ccc(O)cc1. The quantitative estimate of drug-likeness (QED) is 0.412. The maximum Gasteiger partial charge on any atom is 0.322 e. The fourth-order valence-corrected chi connectivity index (χ4v) is 1.35. The van der Waals surface area contributed by atoms with E-state index in [0.717, 1.165) is 0 Å². The summed E-state index contributed by atoms with van der Waals surface area (Å²) in [5.41, 5.74) is 0.268. The summed E-state index contributed by atoms with van der Waals surface area (Å²) >= 11 is 0. The van der Waals surface area contributed by atoms with Crippen LogP contribution in [0.4, 0.5) is 0 Å². The Morgan fingerprint density at radius 3 is 1.86 bits per heavy atom. The highest BCUT2D eigenvalue weighted by atomic mass is 16.4. The molecule has 0 aromatic heterocycles. The molecule has 9 heteroatoms. The minimum Gasteiger partial charge on any atom is -0.508 e. The van der Waals surface area contributed by atoms with Crippen LogP contribution in [0.5, 0.6) is 5.75 Å². The molecule has 0 spiro atoms. The fourth-order valence-electron chi connectivity index (χ4n) is 1.35. The lowest BCUT2D eigenvalue weighted by molar-refractivity contribution is -0.137. The van der Waals surface area contributed by atoms with Crippen molar-refractivity contribution < 1.29 is 29.4 Å². The van der Waals surface area contributed by atoms with E-state index in [-0.39, 0.29) is 24.4 Å². The number of hydrogen-bond acceptors (Lipinski definition) is 5. The van der Waals surface area contributed by atoms with E-state index in [9.17, 15) is 19.2 Å². The Bertz CT molecular complexity index is 570. The van der Waals surface area contributed by atoms with Crippen molar-refractivity contribution in [1.29, 1.82) is 0 Å². The van der Waals surface area contributed by atoms with Crippen LogP contribution < -0.4 is 16.0 Å². The van der Waals surface area contributed by atoms with Gasteiger partial charge in [0, 0.05) is 5.56 Å².